The molecule has 5 nitrogen and oxygen atoms in total. The summed E-state index contributed by atoms with van der Waals surface area (Å²) in [4.78, 5) is 22.6. The lowest BCUT2D eigenvalue weighted by Crippen LogP contribution is -2.28. The number of aromatic carboxylic acids is 1. The largest absolute Gasteiger partial charge is 0.478 e. The van der Waals surface area contributed by atoms with Crippen LogP contribution in [-0.2, 0) is 6.54 Å². The Morgan fingerprint density at radius 3 is 2.57 bits per heavy atom. The average molecular weight is 284 g/mol. The Bertz CT molecular complexity index is 668. The van der Waals surface area contributed by atoms with E-state index in [1.165, 1.54) is 12.1 Å². The maximum absolute atomic E-state index is 11.8. The third kappa shape index (κ3) is 4.35. The van der Waals surface area contributed by atoms with E-state index in [2.05, 4.69) is 10.6 Å². The van der Waals surface area contributed by atoms with Crippen molar-refractivity contribution in [2.45, 2.75) is 13.5 Å². The summed E-state index contributed by atoms with van der Waals surface area (Å²) in [5.74, 6) is -0.985. The van der Waals surface area contributed by atoms with Crippen molar-refractivity contribution in [1.29, 1.82) is 0 Å². The molecule has 2 aromatic carbocycles. The maximum atomic E-state index is 11.8. The van der Waals surface area contributed by atoms with Gasteiger partial charge in [-0.3, -0.25) is 0 Å². The Hall–Kier alpha value is -2.82. The van der Waals surface area contributed by atoms with Crippen molar-refractivity contribution in [1.82, 2.24) is 5.32 Å². The van der Waals surface area contributed by atoms with Gasteiger partial charge in [0.05, 0.1) is 5.56 Å². The molecule has 0 saturated heterocycles. The van der Waals surface area contributed by atoms with Gasteiger partial charge in [-0.2, -0.15) is 0 Å². The summed E-state index contributed by atoms with van der Waals surface area (Å²) in [5.41, 5.74) is 2.71. The molecule has 0 atom stereocenters. The van der Waals surface area contributed by atoms with Gasteiger partial charge in [-0.1, -0.05) is 24.3 Å². The van der Waals surface area contributed by atoms with Crippen LogP contribution in [0.25, 0.3) is 0 Å². The first-order valence-corrected chi connectivity index (χ1v) is 6.48. The second kappa shape index (κ2) is 6.56. The van der Waals surface area contributed by atoms with Crippen LogP contribution in [-0.4, -0.2) is 17.1 Å². The zero-order chi connectivity index (χ0) is 15.2. The molecule has 108 valence electrons. The molecule has 21 heavy (non-hydrogen) atoms. The number of aryl methyl sites for hydroxylation is 1. The predicted octanol–water partition coefficient (Wildman–Crippen LogP) is 3.01. The highest BCUT2D eigenvalue weighted by Crippen LogP contribution is 2.09. The van der Waals surface area contributed by atoms with Crippen LogP contribution in [0.1, 0.15) is 21.5 Å². The number of hydrogen-bond donors (Lipinski definition) is 3. The van der Waals surface area contributed by atoms with Crippen LogP contribution in [0.3, 0.4) is 0 Å². The number of carboxylic acid groups (broad SMARTS) is 1. The first kappa shape index (κ1) is 14.6. The third-order valence-corrected chi connectivity index (χ3v) is 2.90. The molecule has 0 heterocycles. The van der Waals surface area contributed by atoms with Crippen molar-refractivity contribution in [3.05, 3.63) is 65.2 Å². The fourth-order valence-corrected chi connectivity index (χ4v) is 1.89. The Morgan fingerprint density at radius 1 is 1.10 bits per heavy atom. The number of carbonyl (C=O) groups excluding carboxylic acids is 1. The standard InChI is InChI=1S/C16H16N2O3/c1-11-4-2-7-14(8-11)18-16(21)17-10-12-5-3-6-13(9-12)15(19)20/h2-9H,10H2,1H3,(H,19,20)(H2,17,18,21). The lowest BCUT2D eigenvalue weighted by Gasteiger charge is -2.08. The molecule has 0 aliphatic rings. The van der Waals surface area contributed by atoms with E-state index in [0.29, 0.717) is 5.69 Å². The van der Waals surface area contributed by atoms with E-state index in [1.807, 2.05) is 25.1 Å². The van der Waals surface area contributed by atoms with Gasteiger partial charge in [0.15, 0.2) is 0 Å². The Balaban J connectivity index is 1.92. The number of benzene rings is 2. The summed E-state index contributed by atoms with van der Waals surface area (Å²) in [6.07, 6.45) is 0. The molecule has 5 heteroatoms. The highest BCUT2D eigenvalue weighted by Gasteiger charge is 2.05. The van der Waals surface area contributed by atoms with E-state index in [9.17, 15) is 9.59 Å². The lowest BCUT2D eigenvalue weighted by atomic mass is 10.1. The molecule has 3 N–H and O–H groups in total. The highest BCUT2D eigenvalue weighted by molar-refractivity contribution is 5.89. The maximum Gasteiger partial charge on any atom is 0.335 e. The molecule has 0 spiro atoms. The molecule has 0 bridgehead atoms. The van der Waals surface area contributed by atoms with E-state index in [0.717, 1.165) is 11.1 Å². The molecule has 2 rings (SSSR count). The normalized spacial score (nSPS) is 9.95. The molecule has 2 amide bonds. The van der Waals surface area contributed by atoms with Gasteiger partial charge in [0.1, 0.15) is 0 Å². The Labute approximate surface area is 122 Å². The number of anilines is 1. The van der Waals surface area contributed by atoms with Gasteiger partial charge >= 0.3 is 12.0 Å². The molecule has 0 aliphatic carbocycles. The van der Waals surface area contributed by atoms with E-state index < -0.39 is 5.97 Å². The SMILES string of the molecule is Cc1cccc(NC(=O)NCc2cccc(C(=O)O)c2)c1. The first-order chi connectivity index (χ1) is 10.0. The number of amides is 2. The molecular weight excluding hydrogens is 268 g/mol. The van der Waals surface area contributed by atoms with Gasteiger partial charge in [0.25, 0.3) is 0 Å². The fourth-order valence-electron chi connectivity index (χ4n) is 1.89. The average Bonchev–Trinajstić information content (AvgIpc) is 2.45. The number of nitrogens with one attached hydrogen (secondary N) is 2. The third-order valence-electron chi connectivity index (χ3n) is 2.90. The van der Waals surface area contributed by atoms with Gasteiger partial charge < -0.3 is 15.7 Å². The van der Waals surface area contributed by atoms with Gasteiger partial charge in [-0.05, 0) is 42.3 Å². The summed E-state index contributed by atoms with van der Waals surface area (Å²) in [5, 5.41) is 14.3. The summed E-state index contributed by atoms with van der Waals surface area (Å²) in [6.45, 7) is 2.21. The zero-order valence-electron chi connectivity index (χ0n) is 11.6. The van der Waals surface area contributed by atoms with Gasteiger partial charge in [0.2, 0.25) is 0 Å². The van der Waals surface area contributed by atoms with E-state index in [-0.39, 0.29) is 18.1 Å². The van der Waals surface area contributed by atoms with Crippen molar-refractivity contribution in [3.63, 3.8) is 0 Å². The Morgan fingerprint density at radius 2 is 1.86 bits per heavy atom. The number of carbonyl (C=O) groups is 2. The number of urea groups is 1. The molecular formula is C16H16N2O3. The number of rotatable bonds is 4. The summed E-state index contributed by atoms with van der Waals surface area (Å²) < 4.78 is 0. The molecule has 0 aliphatic heterocycles. The monoisotopic (exact) mass is 284 g/mol. The van der Waals surface area contributed by atoms with Gasteiger partial charge in [-0.25, -0.2) is 9.59 Å². The minimum atomic E-state index is -0.985. The summed E-state index contributed by atoms with van der Waals surface area (Å²) in [6, 6.07) is 13.6. The highest BCUT2D eigenvalue weighted by atomic mass is 16.4. The van der Waals surface area contributed by atoms with Crippen LogP contribution in [0.15, 0.2) is 48.5 Å². The van der Waals surface area contributed by atoms with E-state index >= 15 is 0 Å². The van der Waals surface area contributed by atoms with E-state index in [4.69, 9.17) is 5.11 Å². The van der Waals surface area contributed by atoms with Crippen LogP contribution >= 0.6 is 0 Å². The molecule has 0 saturated carbocycles. The summed E-state index contributed by atoms with van der Waals surface area (Å²) in [7, 11) is 0. The van der Waals surface area contributed by atoms with Crippen LogP contribution < -0.4 is 10.6 Å². The second-order valence-electron chi connectivity index (χ2n) is 4.68. The second-order valence-corrected chi connectivity index (χ2v) is 4.68. The predicted molar refractivity (Wildman–Crippen MR) is 80.4 cm³/mol. The molecule has 0 radical (unpaired) electrons. The fraction of sp³-hybridized carbons (Fsp3) is 0.125. The van der Waals surface area contributed by atoms with Crippen molar-refractivity contribution < 1.29 is 14.7 Å². The topological polar surface area (TPSA) is 78.4 Å². The molecule has 0 aromatic heterocycles. The zero-order valence-corrected chi connectivity index (χ0v) is 11.6. The Kier molecular flexibility index (Phi) is 4.56. The van der Waals surface area contributed by atoms with Crippen LogP contribution in [0.5, 0.6) is 0 Å². The molecule has 2 aromatic rings. The first-order valence-electron chi connectivity index (χ1n) is 6.48. The number of carboxylic acids is 1. The summed E-state index contributed by atoms with van der Waals surface area (Å²) >= 11 is 0. The van der Waals surface area contributed by atoms with Crippen molar-refractivity contribution >= 4 is 17.7 Å². The van der Waals surface area contributed by atoms with Gasteiger partial charge in [0, 0.05) is 12.2 Å². The van der Waals surface area contributed by atoms with Gasteiger partial charge in [-0.15, -0.1) is 0 Å². The van der Waals surface area contributed by atoms with Crippen LogP contribution in [0, 0.1) is 6.92 Å². The smallest absolute Gasteiger partial charge is 0.335 e. The van der Waals surface area contributed by atoms with E-state index in [1.54, 1.807) is 18.2 Å². The molecule has 0 unspecified atom stereocenters. The quantitative estimate of drug-likeness (QED) is 0.807. The minimum Gasteiger partial charge on any atom is -0.478 e. The number of hydrogen-bond acceptors (Lipinski definition) is 2. The van der Waals surface area contributed by atoms with Crippen molar-refractivity contribution in [2.24, 2.45) is 0 Å². The minimum absolute atomic E-state index is 0.202. The van der Waals surface area contributed by atoms with Crippen molar-refractivity contribution in [3.8, 4) is 0 Å². The van der Waals surface area contributed by atoms with Crippen molar-refractivity contribution in [2.75, 3.05) is 5.32 Å². The lowest BCUT2D eigenvalue weighted by molar-refractivity contribution is 0.0696. The molecule has 0 fully saturated rings. The van der Waals surface area contributed by atoms with Crippen LogP contribution in [0.2, 0.25) is 0 Å². The van der Waals surface area contributed by atoms with Crippen LogP contribution in [0.4, 0.5) is 10.5 Å².